The molecule has 1 aromatic carbocycles. The second-order valence-corrected chi connectivity index (χ2v) is 5.68. The summed E-state index contributed by atoms with van der Waals surface area (Å²) in [7, 11) is 0. The zero-order valence-corrected chi connectivity index (χ0v) is 14.8. The predicted molar refractivity (Wildman–Crippen MR) is 98.8 cm³/mol. The maximum atomic E-state index is 12.2. The maximum absolute atomic E-state index is 12.2. The van der Waals surface area contributed by atoms with Gasteiger partial charge in [0.2, 0.25) is 11.8 Å². The van der Waals surface area contributed by atoms with E-state index in [1.54, 1.807) is 37.3 Å². The molecule has 0 radical (unpaired) electrons. The number of unbranched alkanes of at least 4 members (excludes halogenated alkanes) is 1. The Kier molecular flexibility index (Phi) is 6.48. The van der Waals surface area contributed by atoms with E-state index in [-0.39, 0.29) is 23.6 Å². The standard InChI is InChI=1S/C18H22N4O4/c1-3-5-11-14(23)21-20-13(4-2)15-16(24)19-18(26)22(17(15)25)12-9-7-6-8-10-12/h6-10,25H,3-5,11H2,1-2H3,(H,21,23)(H,19,24,26)/b20-13+. The first-order valence-corrected chi connectivity index (χ1v) is 8.49. The minimum absolute atomic E-state index is 0.147. The third kappa shape index (κ3) is 4.27. The molecule has 0 saturated heterocycles. The lowest BCUT2D eigenvalue weighted by atomic mass is 10.1. The third-order valence-electron chi connectivity index (χ3n) is 3.80. The number of aromatic nitrogens is 2. The maximum Gasteiger partial charge on any atom is 0.335 e. The van der Waals surface area contributed by atoms with Gasteiger partial charge in [0.15, 0.2) is 0 Å². The first-order chi connectivity index (χ1) is 12.5. The van der Waals surface area contributed by atoms with E-state index < -0.39 is 17.1 Å². The zero-order valence-electron chi connectivity index (χ0n) is 14.8. The summed E-state index contributed by atoms with van der Waals surface area (Å²) in [6.45, 7) is 3.70. The lowest BCUT2D eigenvalue weighted by Crippen LogP contribution is -2.33. The van der Waals surface area contributed by atoms with Gasteiger partial charge in [-0.05, 0) is 25.0 Å². The fraction of sp³-hybridized carbons (Fsp3) is 0.333. The number of hydrogen-bond acceptors (Lipinski definition) is 5. The van der Waals surface area contributed by atoms with Crippen molar-refractivity contribution in [3.05, 3.63) is 56.7 Å². The van der Waals surface area contributed by atoms with Gasteiger partial charge in [0.1, 0.15) is 5.56 Å². The lowest BCUT2D eigenvalue weighted by molar-refractivity contribution is -0.121. The number of aromatic amines is 1. The number of aromatic hydroxyl groups is 1. The molecule has 2 aromatic rings. The Bertz CT molecular complexity index is 913. The van der Waals surface area contributed by atoms with Gasteiger partial charge in [-0.25, -0.2) is 14.8 Å². The Morgan fingerprint density at radius 2 is 1.92 bits per heavy atom. The normalized spacial score (nSPS) is 11.4. The molecule has 0 aliphatic rings. The molecule has 3 N–H and O–H groups in total. The smallest absolute Gasteiger partial charge is 0.335 e. The summed E-state index contributed by atoms with van der Waals surface area (Å²) in [6, 6.07) is 8.42. The van der Waals surface area contributed by atoms with E-state index >= 15 is 0 Å². The van der Waals surface area contributed by atoms with Crippen LogP contribution < -0.4 is 16.7 Å². The van der Waals surface area contributed by atoms with Crippen molar-refractivity contribution >= 4 is 11.6 Å². The van der Waals surface area contributed by atoms with Gasteiger partial charge in [-0.1, -0.05) is 38.5 Å². The van der Waals surface area contributed by atoms with Gasteiger partial charge in [-0.15, -0.1) is 0 Å². The minimum Gasteiger partial charge on any atom is -0.493 e. The van der Waals surface area contributed by atoms with Crippen molar-refractivity contribution < 1.29 is 9.90 Å². The molecule has 0 saturated carbocycles. The van der Waals surface area contributed by atoms with E-state index in [0.717, 1.165) is 17.4 Å². The Balaban J connectivity index is 2.49. The highest BCUT2D eigenvalue weighted by Gasteiger charge is 2.19. The molecule has 0 fully saturated rings. The van der Waals surface area contributed by atoms with Gasteiger partial charge in [0.05, 0.1) is 11.4 Å². The third-order valence-corrected chi connectivity index (χ3v) is 3.80. The van der Waals surface area contributed by atoms with Gasteiger partial charge in [-0.2, -0.15) is 5.10 Å². The molecule has 138 valence electrons. The van der Waals surface area contributed by atoms with E-state index in [1.807, 2.05) is 6.92 Å². The Morgan fingerprint density at radius 3 is 2.54 bits per heavy atom. The van der Waals surface area contributed by atoms with Crippen LogP contribution in [0.25, 0.3) is 5.69 Å². The Hall–Kier alpha value is -3.16. The van der Waals surface area contributed by atoms with Crippen molar-refractivity contribution in [2.24, 2.45) is 5.10 Å². The highest BCUT2D eigenvalue weighted by Crippen LogP contribution is 2.17. The van der Waals surface area contributed by atoms with E-state index in [1.165, 1.54) is 0 Å². The SMILES string of the molecule is CCCCC(=O)N/N=C(\CC)c1c(O)n(-c2ccccc2)c(=O)[nH]c1=O. The summed E-state index contributed by atoms with van der Waals surface area (Å²) in [5.41, 5.74) is 1.30. The number of benzene rings is 1. The van der Waals surface area contributed by atoms with Gasteiger partial charge >= 0.3 is 5.69 Å². The van der Waals surface area contributed by atoms with Crippen molar-refractivity contribution in [1.29, 1.82) is 0 Å². The van der Waals surface area contributed by atoms with Crippen LogP contribution in [0.1, 0.15) is 45.1 Å². The molecule has 8 nitrogen and oxygen atoms in total. The molecule has 1 amide bonds. The van der Waals surface area contributed by atoms with Crippen molar-refractivity contribution in [3.63, 3.8) is 0 Å². The van der Waals surface area contributed by atoms with Crippen LogP contribution in [-0.4, -0.2) is 26.3 Å². The molecule has 26 heavy (non-hydrogen) atoms. The molecule has 8 heteroatoms. The molecule has 0 atom stereocenters. The van der Waals surface area contributed by atoms with E-state index in [4.69, 9.17) is 0 Å². The summed E-state index contributed by atoms with van der Waals surface area (Å²) in [5, 5.41) is 14.5. The van der Waals surface area contributed by atoms with Crippen LogP contribution in [0.4, 0.5) is 0 Å². The molecule has 0 bridgehead atoms. The van der Waals surface area contributed by atoms with Gasteiger partial charge in [0, 0.05) is 6.42 Å². The van der Waals surface area contributed by atoms with Crippen molar-refractivity contribution in [1.82, 2.24) is 15.0 Å². The summed E-state index contributed by atoms with van der Waals surface area (Å²) in [6.07, 6.45) is 2.20. The van der Waals surface area contributed by atoms with Crippen LogP contribution in [0.15, 0.2) is 45.0 Å². The molecule has 1 aromatic heterocycles. The van der Waals surface area contributed by atoms with Gasteiger partial charge in [0.25, 0.3) is 5.56 Å². The number of carbonyl (C=O) groups excluding carboxylic acids is 1. The van der Waals surface area contributed by atoms with Crippen LogP contribution in [-0.2, 0) is 4.79 Å². The van der Waals surface area contributed by atoms with Gasteiger partial charge < -0.3 is 5.11 Å². The predicted octanol–water partition coefficient (Wildman–Crippen LogP) is 1.65. The summed E-state index contributed by atoms with van der Waals surface area (Å²) in [5.74, 6) is -0.793. The topological polar surface area (TPSA) is 117 Å². The van der Waals surface area contributed by atoms with Crippen LogP contribution in [0.5, 0.6) is 5.88 Å². The van der Waals surface area contributed by atoms with Crippen molar-refractivity contribution in [2.45, 2.75) is 39.5 Å². The van der Waals surface area contributed by atoms with Crippen LogP contribution in [0.3, 0.4) is 0 Å². The average molecular weight is 358 g/mol. The van der Waals surface area contributed by atoms with Crippen molar-refractivity contribution in [2.75, 3.05) is 0 Å². The molecular formula is C18H22N4O4. The second kappa shape index (κ2) is 8.80. The molecule has 0 spiro atoms. The number of amides is 1. The molecule has 0 unspecified atom stereocenters. The fourth-order valence-electron chi connectivity index (χ4n) is 2.44. The number of nitrogens with one attached hydrogen (secondary N) is 2. The largest absolute Gasteiger partial charge is 0.493 e. The van der Waals surface area contributed by atoms with Crippen LogP contribution >= 0.6 is 0 Å². The van der Waals surface area contributed by atoms with E-state index in [2.05, 4.69) is 15.5 Å². The minimum atomic E-state index is -0.761. The van der Waals surface area contributed by atoms with E-state index in [9.17, 15) is 19.5 Å². The fourth-order valence-corrected chi connectivity index (χ4v) is 2.44. The van der Waals surface area contributed by atoms with E-state index in [0.29, 0.717) is 12.1 Å². The average Bonchev–Trinajstić information content (AvgIpc) is 2.63. The first kappa shape index (κ1) is 19.2. The molecular weight excluding hydrogens is 336 g/mol. The monoisotopic (exact) mass is 358 g/mol. The summed E-state index contributed by atoms with van der Waals surface area (Å²) >= 11 is 0. The number of para-hydroxylation sites is 1. The Morgan fingerprint density at radius 1 is 1.23 bits per heavy atom. The number of hydrazone groups is 1. The van der Waals surface area contributed by atoms with Crippen LogP contribution in [0, 0.1) is 0 Å². The first-order valence-electron chi connectivity index (χ1n) is 8.49. The second-order valence-electron chi connectivity index (χ2n) is 5.68. The quantitative estimate of drug-likeness (QED) is 0.515. The zero-order chi connectivity index (χ0) is 19.1. The van der Waals surface area contributed by atoms with Gasteiger partial charge in [-0.3, -0.25) is 14.6 Å². The number of hydrogen-bond donors (Lipinski definition) is 3. The molecule has 1 heterocycles. The molecule has 0 aliphatic heterocycles. The number of nitrogens with zero attached hydrogens (tertiary/aromatic N) is 2. The Labute approximate surface area is 150 Å². The summed E-state index contributed by atoms with van der Waals surface area (Å²) < 4.78 is 0.987. The number of H-pyrrole nitrogens is 1. The lowest BCUT2D eigenvalue weighted by Gasteiger charge is -2.12. The van der Waals surface area contributed by atoms with Crippen LogP contribution in [0.2, 0.25) is 0 Å². The number of carbonyl (C=O) groups is 1. The summed E-state index contributed by atoms with van der Waals surface area (Å²) in [4.78, 5) is 38.3. The number of rotatable bonds is 7. The highest BCUT2D eigenvalue weighted by molar-refractivity contribution is 6.02. The van der Waals surface area contributed by atoms with Crippen molar-refractivity contribution in [3.8, 4) is 11.6 Å². The molecule has 2 rings (SSSR count). The molecule has 0 aliphatic carbocycles. The highest BCUT2D eigenvalue weighted by atomic mass is 16.3.